The van der Waals surface area contributed by atoms with Crippen molar-refractivity contribution < 1.29 is 13.2 Å². The minimum Gasteiger partial charge on any atom is -0.322 e. The van der Waals surface area contributed by atoms with Crippen LogP contribution < -0.4 is 9.62 Å². The number of hydrogen-bond donors (Lipinski definition) is 1. The maximum absolute atomic E-state index is 12.4. The minimum atomic E-state index is -3.33. The van der Waals surface area contributed by atoms with E-state index in [-0.39, 0.29) is 5.91 Å². The fraction of sp³-hybridized carbons (Fsp3) is 0.350. The quantitative estimate of drug-likeness (QED) is 0.757. The smallest absolute Gasteiger partial charge is 0.255 e. The van der Waals surface area contributed by atoms with E-state index >= 15 is 0 Å². The monoisotopic (exact) mass is 374 g/mol. The summed E-state index contributed by atoms with van der Waals surface area (Å²) in [4.78, 5) is 12.4. The first-order chi connectivity index (χ1) is 12.3. The zero-order valence-electron chi connectivity index (χ0n) is 15.5. The van der Waals surface area contributed by atoms with E-state index in [9.17, 15) is 13.2 Å². The standard InChI is InChI=1S/C20H26N2O3S/c1-4-6-7-16-8-12-18(13-9-16)21-20(23)17-10-14-19(15-11-17)22(5-2)26(3,24)25/h8-15H,4-7H2,1-3H3,(H,21,23). The molecule has 0 heterocycles. The highest BCUT2D eigenvalue weighted by Gasteiger charge is 2.15. The Labute approximate surface area is 156 Å². The van der Waals surface area contributed by atoms with E-state index < -0.39 is 10.0 Å². The van der Waals surface area contributed by atoms with Crippen molar-refractivity contribution in [3.8, 4) is 0 Å². The van der Waals surface area contributed by atoms with Crippen molar-refractivity contribution in [2.45, 2.75) is 33.1 Å². The van der Waals surface area contributed by atoms with Gasteiger partial charge in [-0.05, 0) is 61.7 Å². The van der Waals surface area contributed by atoms with E-state index in [4.69, 9.17) is 0 Å². The van der Waals surface area contributed by atoms with Gasteiger partial charge in [0.05, 0.1) is 11.9 Å². The topological polar surface area (TPSA) is 66.5 Å². The first-order valence-electron chi connectivity index (χ1n) is 8.83. The molecule has 0 bridgehead atoms. The Morgan fingerprint density at radius 2 is 1.62 bits per heavy atom. The zero-order chi connectivity index (χ0) is 19.2. The lowest BCUT2D eigenvalue weighted by Crippen LogP contribution is -2.29. The molecule has 5 nitrogen and oxygen atoms in total. The Kier molecular flexibility index (Phi) is 6.80. The summed E-state index contributed by atoms with van der Waals surface area (Å²) < 4.78 is 24.8. The molecule has 0 spiro atoms. The molecule has 0 aromatic heterocycles. The fourth-order valence-electron chi connectivity index (χ4n) is 2.73. The summed E-state index contributed by atoms with van der Waals surface area (Å²) in [5, 5.41) is 2.86. The highest BCUT2D eigenvalue weighted by molar-refractivity contribution is 7.92. The molecule has 26 heavy (non-hydrogen) atoms. The Morgan fingerprint density at radius 1 is 1.00 bits per heavy atom. The molecular formula is C20H26N2O3S. The highest BCUT2D eigenvalue weighted by atomic mass is 32.2. The second-order valence-electron chi connectivity index (χ2n) is 6.23. The molecule has 2 aromatic carbocycles. The number of nitrogens with one attached hydrogen (secondary N) is 1. The maximum Gasteiger partial charge on any atom is 0.255 e. The van der Waals surface area contributed by atoms with Crippen LogP contribution in [-0.2, 0) is 16.4 Å². The molecule has 140 valence electrons. The average molecular weight is 375 g/mol. The lowest BCUT2D eigenvalue weighted by Gasteiger charge is -2.20. The predicted molar refractivity (Wildman–Crippen MR) is 107 cm³/mol. The van der Waals surface area contributed by atoms with Gasteiger partial charge in [-0.1, -0.05) is 25.5 Å². The van der Waals surface area contributed by atoms with Gasteiger partial charge in [0.25, 0.3) is 5.91 Å². The number of rotatable bonds is 8. The molecule has 0 aliphatic heterocycles. The zero-order valence-corrected chi connectivity index (χ0v) is 16.3. The average Bonchev–Trinajstić information content (AvgIpc) is 2.61. The Balaban J connectivity index is 2.06. The molecule has 2 rings (SSSR count). The summed E-state index contributed by atoms with van der Waals surface area (Å²) in [6.07, 6.45) is 4.52. The lowest BCUT2D eigenvalue weighted by molar-refractivity contribution is 0.102. The molecule has 0 saturated heterocycles. The minimum absolute atomic E-state index is 0.222. The molecule has 0 radical (unpaired) electrons. The van der Waals surface area contributed by atoms with Crippen LogP contribution in [0.5, 0.6) is 0 Å². The van der Waals surface area contributed by atoms with Crippen molar-refractivity contribution in [1.29, 1.82) is 0 Å². The van der Waals surface area contributed by atoms with Gasteiger partial charge in [0, 0.05) is 17.8 Å². The summed E-state index contributed by atoms with van der Waals surface area (Å²) in [5.74, 6) is -0.222. The molecule has 0 saturated carbocycles. The van der Waals surface area contributed by atoms with Gasteiger partial charge in [-0.25, -0.2) is 8.42 Å². The molecule has 1 N–H and O–H groups in total. The van der Waals surface area contributed by atoms with E-state index in [1.54, 1.807) is 31.2 Å². The van der Waals surface area contributed by atoms with E-state index in [1.807, 2.05) is 24.3 Å². The van der Waals surface area contributed by atoms with Gasteiger partial charge in [-0.15, -0.1) is 0 Å². The van der Waals surface area contributed by atoms with Crippen LogP contribution in [0.25, 0.3) is 0 Å². The number of sulfonamides is 1. The molecular weight excluding hydrogens is 348 g/mol. The summed E-state index contributed by atoms with van der Waals surface area (Å²) in [7, 11) is -3.33. The van der Waals surface area contributed by atoms with Crippen molar-refractivity contribution in [1.82, 2.24) is 0 Å². The van der Waals surface area contributed by atoms with Gasteiger partial charge >= 0.3 is 0 Å². The summed E-state index contributed by atoms with van der Waals surface area (Å²) in [6, 6.07) is 14.4. The second-order valence-corrected chi connectivity index (χ2v) is 8.14. The van der Waals surface area contributed by atoms with Gasteiger partial charge < -0.3 is 5.32 Å². The third-order valence-electron chi connectivity index (χ3n) is 4.14. The van der Waals surface area contributed by atoms with Crippen LogP contribution in [-0.4, -0.2) is 27.1 Å². The third-order valence-corrected chi connectivity index (χ3v) is 5.41. The molecule has 0 unspecified atom stereocenters. The van der Waals surface area contributed by atoms with Crippen molar-refractivity contribution >= 4 is 27.3 Å². The normalized spacial score (nSPS) is 11.2. The Morgan fingerprint density at radius 3 is 2.12 bits per heavy atom. The molecule has 0 aliphatic carbocycles. The second kappa shape index (κ2) is 8.85. The largest absolute Gasteiger partial charge is 0.322 e. The number of amides is 1. The maximum atomic E-state index is 12.4. The van der Waals surface area contributed by atoms with Crippen molar-refractivity contribution in [3.05, 3.63) is 59.7 Å². The van der Waals surface area contributed by atoms with Crippen LogP contribution in [0.15, 0.2) is 48.5 Å². The van der Waals surface area contributed by atoms with Crippen LogP contribution >= 0.6 is 0 Å². The van der Waals surface area contributed by atoms with Crippen LogP contribution in [0.4, 0.5) is 11.4 Å². The number of aryl methyl sites for hydroxylation is 1. The first kappa shape index (κ1) is 20.0. The Hall–Kier alpha value is -2.34. The number of unbranched alkanes of at least 4 members (excludes halogenated alkanes) is 1. The summed E-state index contributed by atoms with van der Waals surface area (Å²) in [5.41, 5.74) is 3.03. The number of nitrogens with zero attached hydrogens (tertiary/aromatic N) is 1. The van der Waals surface area contributed by atoms with Crippen LogP contribution in [0.3, 0.4) is 0 Å². The first-order valence-corrected chi connectivity index (χ1v) is 10.7. The van der Waals surface area contributed by atoms with E-state index in [0.29, 0.717) is 17.8 Å². The molecule has 1 amide bonds. The molecule has 0 fully saturated rings. The summed E-state index contributed by atoms with van der Waals surface area (Å²) >= 11 is 0. The highest BCUT2D eigenvalue weighted by Crippen LogP contribution is 2.19. The number of benzene rings is 2. The SMILES string of the molecule is CCCCc1ccc(NC(=O)c2ccc(N(CC)S(C)(=O)=O)cc2)cc1. The fourth-order valence-corrected chi connectivity index (χ4v) is 3.70. The number of hydrogen-bond acceptors (Lipinski definition) is 3. The number of carbonyl (C=O) groups excluding carboxylic acids is 1. The van der Waals surface area contributed by atoms with Crippen LogP contribution in [0.1, 0.15) is 42.6 Å². The third kappa shape index (κ3) is 5.33. The molecule has 2 aromatic rings. The van der Waals surface area contributed by atoms with Gasteiger partial charge in [-0.3, -0.25) is 9.10 Å². The predicted octanol–water partition coefficient (Wildman–Crippen LogP) is 4.07. The number of anilines is 2. The summed E-state index contributed by atoms with van der Waals surface area (Å²) in [6.45, 7) is 4.27. The van der Waals surface area contributed by atoms with Gasteiger partial charge in [0.15, 0.2) is 0 Å². The molecule has 6 heteroatoms. The van der Waals surface area contributed by atoms with Gasteiger partial charge in [0.2, 0.25) is 10.0 Å². The van der Waals surface area contributed by atoms with Crippen molar-refractivity contribution in [2.75, 3.05) is 22.4 Å². The van der Waals surface area contributed by atoms with Crippen molar-refractivity contribution in [2.24, 2.45) is 0 Å². The van der Waals surface area contributed by atoms with E-state index in [0.717, 1.165) is 24.9 Å². The van der Waals surface area contributed by atoms with Crippen LogP contribution in [0.2, 0.25) is 0 Å². The van der Waals surface area contributed by atoms with Gasteiger partial charge in [0.1, 0.15) is 0 Å². The lowest BCUT2D eigenvalue weighted by atomic mass is 10.1. The van der Waals surface area contributed by atoms with Crippen LogP contribution in [0, 0.1) is 0 Å². The molecule has 0 aliphatic rings. The number of carbonyl (C=O) groups is 1. The molecule has 0 atom stereocenters. The Bertz CT molecular complexity index is 828. The van der Waals surface area contributed by atoms with Crippen molar-refractivity contribution in [3.63, 3.8) is 0 Å². The van der Waals surface area contributed by atoms with Gasteiger partial charge in [-0.2, -0.15) is 0 Å². The van der Waals surface area contributed by atoms with E-state index in [2.05, 4.69) is 12.2 Å². The van der Waals surface area contributed by atoms with E-state index in [1.165, 1.54) is 16.1 Å².